The molecule has 0 rings (SSSR count). The van der Waals surface area contributed by atoms with E-state index < -0.39 is 23.9 Å². The van der Waals surface area contributed by atoms with E-state index in [0.717, 1.165) is 18.9 Å². The van der Waals surface area contributed by atoms with Gasteiger partial charge in [0.15, 0.2) is 0 Å². The third-order valence-electron chi connectivity index (χ3n) is 3.49. The Hall–Kier alpha value is -3.95. The smallest absolute Gasteiger partial charge is 0.333 e. The van der Waals surface area contributed by atoms with Crippen LogP contribution in [0.2, 0.25) is 0 Å². The lowest BCUT2D eigenvalue weighted by molar-refractivity contribution is -0.147. The highest BCUT2D eigenvalue weighted by Crippen LogP contribution is 2.02. The van der Waals surface area contributed by atoms with Crippen molar-refractivity contribution in [2.45, 2.75) is 46.5 Å². The SMILES string of the molecule is C=C(C)C(=O)OCCOC(=O)C(=C)C.C=CC(=O)OCCCC.C=CC(=O)OCCCC(=C)C(=O)O. The van der Waals surface area contributed by atoms with Crippen molar-refractivity contribution >= 4 is 29.8 Å². The minimum absolute atomic E-state index is 0.0325. The second-order valence-electron chi connectivity index (χ2n) is 6.94. The van der Waals surface area contributed by atoms with Gasteiger partial charge in [-0.3, -0.25) is 0 Å². The molecule has 1 N–H and O–H groups in total. The average Bonchev–Trinajstić information content (AvgIpc) is 2.84. The molecule has 0 bridgehead atoms. The van der Waals surface area contributed by atoms with Crippen molar-refractivity contribution in [2.75, 3.05) is 26.4 Å². The maximum absolute atomic E-state index is 10.8. The van der Waals surface area contributed by atoms with Crippen molar-refractivity contribution in [2.24, 2.45) is 0 Å². The number of hydrogen-bond acceptors (Lipinski definition) is 9. The molecule has 0 aliphatic heterocycles. The molecule has 10 heteroatoms. The Balaban J connectivity index is -0.000000465. The van der Waals surface area contributed by atoms with Gasteiger partial charge in [0.2, 0.25) is 0 Å². The first-order chi connectivity index (χ1) is 16.8. The van der Waals surface area contributed by atoms with E-state index in [2.05, 4.69) is 51.8 Å². The topological polar surface area (TPSA) is 142 Å². The number of carboxylic acid groups (broad SMARTS) is 1. The van der Waals surface area contributed by atoms with Crippen LogP contribution in [0.3, 0.4) is 0 Å². The first-order valence-electron chi connectivity index (χ1n) is 11.0. The van der Waals surface area contributed by atoms with Gasteiger partial charge in [-0.1, -0.05) is 46.2 Å². The fourth-order valence-electron chi connectivity index (χ4n) is 1.52. The molecule has 0 aliphatic rings. The second kappa shape index (κ2) is 24.2. The summed E-state index contributed by atoms with van der Waals surface area (Å²) in [6.45, 7) is 22.5. The van der Waals surface area contributed by atoms with Gasteiger partial charge in [0, 0.05) is 28.9 Å². The van der Waals surface area contributed by atoms with E-state index in [0.29, 0.717) is 30.6 Å². The van der Waals surface area contributed by atoms with Crippen LogP contribution in [0.5, 0.6) is 0 Å². The van der Waals surface area contributed by atoms with Gasteiger partial charge in [0.25, 0.3) is 0 Å². The molecule has 0 fully saturated rings. The fourth-order valence-corrected chi connectivity index (χ4v) is 1.52. The maximum Gasteiger partial charge on any atom is 0.333 e. The Kier molecular flexibility index (Phi) is 24.6. The predicted octanol–water partition coefficient (Wildman–Crippen LogP) is 3.88. The van der Waals surface area contributed by atoms with Gasteiger partial charge in [-0.2, -0.15) is 0 Å². The van der Waals surface area contributed by atoms with Crippen LogP contribution in [0.15, 0.2) is 61.8 Å². The highest BCUT2D eigenvalue weighted by atomic mass is 16.6. The minimum atomic E-state index is -1.02. The summed E-state index contributed by atoms with van der Waals surface area (Å²) in [5.41, 5.74) is 0.752. The first-order valence-corrected chi connectivity index (χ1v) is 11.0. The molecule has 0 saturated carbocycles. The number of aliphatic carboxylic acids is 1. The predicted molar refractivity (Wildman–Crippen MR) is 135 cm³/mol. The van der Waals surface area contributed by atoms with Crippen molar-refractivity contribution in [3.05, 3.63) is 61.8 Å². The lowest BCUT2D eigenvalue weighted by Gasteiger charge is -2.05. The van der Waals surface area contributed by atoms with E-state index in [4.69, 9.17) is 5.11 Å². The normalized spacial score (nSPS) is 8.86. The highest BCUT2D eigenvalue weighted by Gasteiger charge is 2.05. The quantitative estimate of drug-likeness (QED) is 0.149. The summed E-state index contributed by atoms with van der Waals surface area (Å²) >= 11 is 0. The Morgan fingerprint density at radius 1 is 0.694 bits per heavy atom. The molecule has 36 heavy (non-hydrogen) atoms. The highest BCUT2D eigenvalue weighted by molar-refractivity contribution is 5.87. The molecule has 0 heterocycles. The number of ether oxygens (including phenoxy) is 4. The zero-order valence-corrected chi connectivity index (χ0v) is 21.5. The monoisotopic (exact) mass is 510 g/mol. The van der Waals surface area contributed by atoms with E-state index in [1.165, 1.54) is 6.08 Å². The van der Waals surface area contributed by atoms with Crippen LogP contribution in [0.4, 0.5) is 0 Å². The molecule has 0 aliphatic carbocycles. The molecule has 0 aromatic heterocycles. The van der Waals surface area contributed by atoms with Crippen molar-refractivity contribution < 1.29 is 48.0 Å². The summed E-state index contributed by atoms with van der Waals surface area (Å²) in [6, 6.07) is 0. The summed E-state index contributed by atoms with van der Waals surface area (Å²) in [7, 11) is 0. The lowest BCUT2D eigenvalue weighted by Crippen LogP contribution is -2.14. The van der Waals surface area contributed by atoms with Crippen molar-refractivity contribution in [3.63, 3.8) is 0 Å². The van der Waals surface area contributed by atoms with Gasteiger partial charge >= 0.3 is 29.8 Å². The minimum Gasteiger partial charge on any atom is -0.478 e. The van der Waals surface area contributed by atoms with Gasteiger partial charge in [0.05, 0.1) is 13.2 Å². The molecular weight excluding hydrogens is 472 g/mol. The van der Waals surface area contributed by atoms with Gasteiger partial charge in [0.1, 0.15) is 13.2 Å². The number of carboxylic acids is 1. The van der Waals surface area contributed by atoms with Crippen LogP contribution in [0, 0.1) is 0 Å². The number of esters is 4. The zero-order chi connectivity index (χ0) is 28.5. The van der Waals surface area contributed by atoms with Crippen molar-refractivity contribution in [1.29, 1.82) is 0 Å². The van der Waals surface area contributed by atoms with Crippen LogP contribution < -0.4 is 0 Å². The number of rotatable bonds is 15. The molecule has 0 spiro atoms. The van der Waals surface area contributed by atoms with Crippen molar-refractivity contribution in [1.82, 2.24) is 0 Å². The summed E-state index contributed by atoms with van der Waals surface area (Å²) in [4.78, 5) is 52.8. The Labute approximate surface area is 212 Å². The number of hydrogen-bond donors (Lipinski definition) is 1. The summed E-state index contributed by atoms with van der Waals surface area (Å²) in [5, 5.41) is 8.41. The summed E-state index contributed by atoms with van der Waals surface area (Å²) in [5.74, 6) is -2.83. The molecule has 0 saturated heterocycles. The summed E-state index contributed by atoms with van der Waals surface area (Å²) in [6.07, 6.45) is 5.00. The van der Waals surface area contributed by atoms with E-state index in [9.17, 15) is 24.0 Å². The molecule has 0 aromatic rings. The van der Waals surface area contributed by atoms with Gasteiger partial charge in [-0.15, -0.1) is 0 Å². The largest absolute Gasteiger partial charge is 0.478 e. The molecule has 10 nitrogen and oxygen atoms in total. The zero-order valence-electron chi connectivity index (χ0n) is 21.5. The molecule has 202 valence electrons. The summed E-state index contributed by atoms with van der Waals surface area (Å²) < 4.78 is 18.7. The number of carbonyl (C=O) groups is 5. The molecular formula is C26H38O10. The lowest BCUT2D eigenvalue weighted by atomic mass is 10.2. The van der Waals surface area contributed by atoms with Crippen LogP contribution in [0.1, 0.15) is 46.5 Å². The van der Waals surface area contributed by atoms with E-state index in [-0.39, 0.29) is 31.4 Å². The van der Waals surface area contributed by atoms with Crippen LogP contribution in [-0.4, -0.2) is 61.4 Å². The van der Waals surface area contributed by atoms with Crippen LogP contribution in [-0.2, 0) is 42.9 Å². The fraction of sp³-hybridized carbons (Fsp3) is 0.423. The average molecular weight is 511 g/mol. The molecule has 0 unspecified atom stereocenters. The van der Waals surface area contributed by atoms with Crippen molar-refractivity contribution in [3.8, 4) is 0 Å². The van der Waals surface area contributed by atoms with E-state index >= 15 is 0 Å². The molecule has 0 radical (unpaired) electrons. The van der Waals surface area contributed by atoms with Crippen LogP contribution in [0.25, 0.3) is 0 Å². The molecule has 0 aromatic carbocycles. The molecule has 0 amide bonds. The Morgan fingerprint density at radius 2 is 1.08 bits per heavy atom. The Bertz CT molecular complexity index is 765. The second-order valence-corrected chi connectivity index (χ2v) is 6.94. The third-order valence-corrected chi connectivity index (χ3v) is 3.49. The maximum atomic E-state index is 10.8. The third kappa shape index (κ3) is 26.3. The van der Waals surface area contributed by atoms with Gasteiger partial charge in [-0.25, -0.2) is 24.0 Å². The van der Waals surface area contributed by atoms with E-state index in [1.54, 1.807) is 13.8 Å². The van der Waals surface area contributed by atoms with E-state index in [1.807, 2.05) is 6.92 Å². The number of unbranched alkanes of at least 4 members (excludes halogenated alkanes) is 1. The Morgan fingerprint density at radius 3 is 1.39 bits per heavy atom. The molecule has 0 atom stereocenters. The number of carbonyl (C=O) groups excluding carboxylic acids is 4. The van der Waals surface area contributed by atoms with Gasteiger partial charge < -0.3 is 24.1 Å². The van der Waals surface area contributed by atoms with Gasteiger partial charge in [-0.05, 0) is 33.1 Å². The van der Waals surface area contributed by atoms with Crippen LogP contribution >= 0.6 is 0 Å². The first kappa shape index (κ1) is 36.6. The standard InChI is InChI=1S/C10H14O4.C9H12O4.C7H12O2/c1-7(2)9(11)13-5-6-14-10(12)8(3)4;1-3-8(10)13-6-4-5-7(2)9(11)12;1-3-5-6-9-7(8)4-2/h1,3,5-6H2,2,4H3;3H,1-2,4-6H2,(H,11,12);4H,2-3,5-6H2,1H3.